The van der Waals surface area contributed by atoms with E-state index in [0.717, 1.165) is 28.8 Å². The van der Waals surface area contributed by atoms with E-state index in [1.807, 2.05) is 6.07 Å². The van der Waals surface area contributed by atoms with Crippen molar-refractivity contribution in [2.75, 3.05) is 0 Å². The number of H-pyrrole nitrogens is 1. The van der Waals surface area contributed by atoms with Crippen LogP contribution in [0.2, 0.25) is 5.02 Å². The van der Waals surface area contributed by atoms with Gasteiger partial charge in [0.2, 0.25) is 0 Å². The van der Waals surface area contributed by atoms with Gasteiger partial charge in [-0.3, -0.25) is 0 Å². The minimum Gasteiger partial charge on any atom is -0.506 e. The van der Waals surface area contributed by atoms with Crippen LogP contribution >= 0.6 is 11.6 Å². The second-order valence-electron chi connectivity index (χ2n) is 4.46. The molecule has 0 aliphatic rings. The Bertz CT molecular complexity index is 749. The van der Waals surface area contributed by atoms with Gasteiger partial charge in [-0.05, 0) is 42.3 Å². The van der Waals surface area contributed by atoms with Gasteiger partial charge in [0.1, 0.15) is 11.6 Å². The van der Waals surface area contributed by atoms with Crippen molar-refractivity contribution in [1.82, 2.24) is 9.97 Å². The molecule has 2 N–H and O–H groups in total. The Kier molecular flexibility index (Phi) is 2.91. The van der Waals surface area contributed by atoms with E-state index in [-0.39, 0.29) is 5.75 Å². The summed E-state index contributed by atoms with van der Waals surface area (Å²) in [6, 6.07) is 11.3. The molecular weight excluding hydrogens is 260 g/mol. The van der Waals surface area contributed by atoms with E-state index in [4.69, 9.17) is 11.6 Å². The summed E-state index contributed by atoms with van der Waals surface area (Å²) < 4.78 is 0. The van der Waals surface area contributed by atoms with Crippen LogP contribution in [0, 0.1) is 0 Å². The lowest BCUT2D eigenvalue weighted by atomic mass is 10.1. The van der Waals surface area contributed by atoms with Crippen LogP contribution in [0.25, 0.3) is 22.4 Å². The highest BCUT2D eigenvalue weighted by atomic mass is 35.5. The van der Waals surface area contributed by atoms with Crippen molar-refractivity contribution in [1.29, 1.82) is 0 Å². The molecule has 19 heavy (non-hydrogen) atoms. The second kappa shape index (κ2) is 4.59. The summed E-state index contributed by atoms with van der Waals surface area (Å²) in [7, 11) is 0. The molecule has 0 fully saturated rings. The van der Waals surface area contributed by atoms with Crippen LogP contribution in [0.3, 0.4) is 0 Å². The smallest absolute Gasteiger partial charge is 0.138 e. The maximum atomic E-state index is 9.44. The number of aromatic nitrogens is 2. The monoisotopic (exact) mass is 272 g/mol. The zero-order chi connectivity index (χ0) is 13.4. The van der Waals surface area contributed by atoms with E-state index in [9.17, 15) is 5.11 Å². The predicted octanol–water partition coefficient (Wildman–Crippen LogP) is 4.15. The number of phenolic OH excluding ortho intramolecular Hbond substituents is 1. The van der Waals surface area contributed by atoms with Gasteiger partial charge in [-0.15, -0.1) is 0 Å². The Morgan fingerprint density at radius 1 is 1.21 bits per heavy atom. The average molecular weight is 273 g/mol. The van der Waals surface area contributed by atoms with E-state index in [1.165, 1.54) is 5.56 Å². The summed E-state index contributed by atoms with van der Waals surface area (Å²) in [5.41, 5.74) is 4.07. The minimum absolute atomic E-state index is 0.0785. The molecule has 0 saturated carbocycles. The van der Waals surface area contributed by atoms with E-state index in [2.05, 4.69) is 29.0 Å². The number of rotatable bonds is 2. The first-order valence-corrected chi connectivity index (χ1v) is 6.52. The van der Waals surface area contributed by atoms with Crippen LogP contribution in [0.5, 0.6) is 5.75 Å². The average Bonchev–Trinajstić information content (AvgIpc) is 2.84. The predicted molar refractivity (Wildman–Crippen MR) is 77.6 cm³/mol. The SMILES string of the molecule is CCc1ccc2nc(-c3ccc(O)c(Cl)c3)[nH]c2c1. The van der Waals surface area contributed by atoms with E-state index < -0.39 is 0 Å². The molecule has 0 bridgehead atoms. The highest BCUT2D eigenvalue weighted by Gasteiger charge is 2.07. The highest BCUT2D eigenvalue weighted by Crippen LogP contribution is 2.29. The third-order valence-electron chi connectivity index (χ3n) is 3.18. The molecule has 1 heterocycles. The molecule has 0 unspecified atom stereocenters. The zero-order valence-corrected chi connectivity index (χ0v) is 11.2. The summed E-state index contributed by atoms with van der Waals surface area (Å²) in [6.45, 7) is 2.12. The number of fused-ring (bicyclic) bond motifs is 1. The summed E-state index contributed by atoms with van der Waals surface area (Å²) in [6.07, 6.45) is 0.995. The van der Waals surface area contributed by atoms with Crippen LogP contribution in [0.1, 0.15) is 12.5 Å². The van der Waals surface area contributed by atoms with Gasteiger partial charge in [0.25, 0.3) is 0 Å². The normalized spacial score (nSPS) is 11.1. The molecular formula is C15H13ClN2O. The van der Waals surface area contributed by atoms with Crippen LogP contribution < -0.4 is 0 Å². The van der Waals surface area contributed by atoms with Crippen molar-refractivity contribution in [3.05, 3.63) is 47.0 Å². The van der Waals surface area contributed by atoms with E-state index in [0.29, 0.717) is 5.02 Å². The van der Waals surface area contributed by atoms with E-state index >= 15 is 0 Å². The fourth-order valence-electron chi connectivity index (χ4n) is 2.07. The Morgan fingerprint density at radius 2 is 2.05 bits per heavy atom. The third-order valence-corrected chi connectivity index (χ3v) is 3.48. The summed E-state index contributed by atoms with van der Waals surface area (Å²) in [4.78, 5) is 7.82. The first kappa shape index (κ1) is 12.1. The molecule has 0 atom stereocenters. The molecule has 0 saturated heterocycles. The summed E-state index contributed by atoms with van der Waals surface area (Å²) >= 11 is 5.92. The lowest BCUT2D eigenvalue weighted by molar-refractivity contribution is 0.475. The van der Waals surface area contributed by atoms with Gasteiger partial charge in [-0.25, -0.2) is 4.98 Å². The van der Waals surface area contributed by atoms with Gasteiger partial charge in [-0.2, -0.15) is 0 Å². The maximum absolute atomic E-state index is 9.44. The Labute approximate surface area is 115 Å². The molecule has 0 spiro atoms. The second-order valence-corrected chi connectivity index (χ2v) is 4.86. The Balaban J connectivity index is 2.11. The standard InChI is InChI=1S/C15H13ClN2O/c1-2-9-3-5-12-13(7-9)18-15(17-12)10-4-6-14(19)11(16)8-10/h3-8,19H,2H2,1H3,(H,17,18). The molecule has 3 aromatic rings. The molecule has 0 radical (unpaired) electrons. The molecule has 0 amide bonds. The number of halogens is 1. The highest BCUT2D eigenvalue weighted by molar-refractivity contribution is 6.32. The molecule has 0 aliphatic carbocycles. The van der Waals surface area contributed by atoms with Crippen LogP contribution in [0.4, 0.5) is 0 Å². The number of nitrogens with one attached hydrogen (secondary N) is 1. The summed E-state index contributed by atoms with van der Waals surface area (Å²) in [5, 5.41) is 9.76. The Morgan fingerprint density at radius 3 is 2.79 bits per heavy atom. The zero-order valence-electron chi connectivity index (χ0n) is 10.4. The molecule has 3 nitrogen and oxygen atoms in total. The van der Waals surface area contributed by atoms with Gasteiger partial charge >= 0.3 is 0 Å². The number of hydrogen-bond donors (Lipinski definition) is 2. The number of hydrogen-bond acceptors (Lipinski definition) is 2. The van der Waals surface area contributed by atoms with Crippen LogP contribution in [-0.4, -0.2) is 15.1 Å². The molecule has 96 valence electrons. The lowest BCUT2D eigenvalue weighted by Gasteiger charge is -1.99. The van der Waals surface area contributed by atoms with Crippen molar-refractivity contribution >= 4 is 22.6 Å². The fourth-order valence-corrected chi connectivity index (χ4v) is 2.25. The fraction of sp³-hybridized carbons (Fsp3) is 0.133. The Hall–Kier alpha value is -2.00. The molecule has 4 heteroatoms. The number of aromatic amines is 1. The number of aryl methyl sites for hydroxylation is 1. The number of phenols is 1. The van der Waals surface area contributed by atoms with Gasteiger partial charge in [0.05, 0.1) is 16.1 Å². The van der Waals surface area contributed by atoms with E-state index in [1.54, 1.807) is 18.2 Å². The lowest BCUT2D eigenvalue weighted by Crippen LogP contribution is -1.80. The minimum atomic E-state index is 0.0785. The van der Waals surface area contributed by atoms with Crippen molar-refractivity contribution < 1.29 is 5.11 Å². The van der Waals surface area contributed by atoms with Gasteiger partial charge in [0, 0.05) is 5.56 Å². The molecule has 3 rings (SSSR count). The number of aromatic hydroxyl groups is 1. The largest absolute Gasteiger partial charge is 0.506 e. The van der Waals surface area contributed by atoms with Crippen molar-refractivity contribution in [3.8, 4) is 17.1 Å². The molecule has 2 aromatic carbocycles. The topological polar surface area (TPSA) is 48.9 Å². The summed E-state index contributed by atoms with van der Waals surface area (Å²) in [5.74, 6) is 0.833. The molecule has 1 aromatic heterocycles. The van der Waals surface area contributed by atoms with Crippen molar-refractivity contribution in [3.63, 3.8) is 0 Å². The van der Waals surface area contributed by atoms with Crippen molar-refractivity contribution in [2.45, 2.75) is 13.3 Å². The first-order valence-electron chi connectivity index (χ1n) is 6.15. The quantitative estimate of drug-likeness (QED) is 0.736. The van der Waals surface area contributed by atoms with Gasteiger partial charge < -0.3 is 10.1 Å². The number of imidazole rings is 1. The third kappa shape index (κ3) is 2.17. The molecule has 0 aliphatic heterocycles. The van der Waals surface area contributed by atoms with Crippen LogP contribution in [0.15, 0.2) is 36.4 Å². The first-order chi connectivity index (χ1) is 9.17. The number of benzene rings is 2. The van der Waals surface area contributed by atoms with Crippen LogP contribution in [-0.2, 0) is 6.42 Å². The van der Waals surface area contributed by atoms with Gasteiger partial charge in [0.15, 0.2) is 0 Å². The van der Waals surface area contributed by atoms with Crippen molar-refractivity contribution in [2.24, 2.45) is 0 Å². The van der Waals surface area contributed by atoms with Gasteiger partial charge in [-0.1, -0.05) is 24.6 Å². The maximum Gasteiger partial charge on any atom is 0.138 e. The number of nitrogens with zero attached hydrogens (tertiary/aromatic N) is 1.